The van der Waals surface area contributed by atoms with Gasteiger partial charge in [0.2, 0.25) is 0 Å². The number of carbonyl (C=O) groups excluding carboxylic acids is 2. The van der Waals surface area contributed by atoms with E-state index in [2.05, 4.69) is 5.32 Å². The van der Waals surface area contributed by atoms with Gasteiger partial charge < -0.3 is 14.8 Å². The molecule has 0 aliphatic heterocycles. The third-order valence-corrected chi connectivity index (χ3v) is 4.00. The highest BCUT2D eigenvalue weighted by Crippen LogP contribution is 2.27. The van der Waals surface area contributed by atoms with Gasteiger partial charge in [-0.25, -0.2) is 4.79 Å². The van der Waals surface area contributed by atoms with Crippen molar-refractivity contribution in [2.75, 3.05) is 12.4 Å². The maximum absolute atomic E-state index is 12.2. The summed E-state index contributed by atoms with van der Waals surface area (Å²) >= 11 is 6.00. The largest absolute Gasteiger partial charge is 0.495 e. The van der Waals surface area contributed by atoms with E-state index in [1.54, 1.807) is 12.1 Å². The molecule has 27 heavy (non-hydrogen) atoms. The fourth-order valence-corrected chi connectivity index (χ4v) is 2.52. The Labute approximate surface area is 160 Å². The van der Waals surface area contributed by atoms with Crippen molar-refractivity contribution in [3.63, 3.8) is 0 Å². The van der Waals surface area contributed by atoms with Crippen molar-refractivity contribution < 1.29 is 24.0 Å². The molecule has 0 heterocycles. The number of methoxy groups -OCH3 is 1. The highest BCUT2D eigenvalue weighted by Gasteiger charge is 2.21. The average Bonchev–Trinajstić information content (AvgIpc) is 2.61. The summed E-state index contributed by atoms with van der Waals surface area (Å²) in [6.07, 6.45) is -1.09. The second-order valence-corrected chi connectivity index (χ2v) is 6.05. The quantitative estimate of drug-likeness (QED) is 0.455. The van der Waals surface area contributed by atoms with Crippen LogP contribution in [0.2, 0.25) is 5.02 Å². The van der Waals surface area contributed by atoms with Crippen LogP contribution in [0, 0.1) is 17.0 Å². The highest BCUT2D eigenvalue weighted by atomic mass is 35.5. The molecule has 1 unspecified atom stereocenters. The fraction of sp³-hybridized carbons (Fsp3) is 0.222. The number of halogens is 1. The van der Waals surface area contributed by atoms with E-state index < -0.39 is 22.9 Å². The van der Waals surface area contributed by atoms with Crippen LogP contribution in [0.15, 0.2) is 36.4 Å². The van der Waals surface area contributed by atoms with Crippen LogP contribution in [0.3, 0.4) is 0 Å². The predicted molar refractivity (Wildman–Crippen MR) is 99.3 cm³/mol. The zero-order valence-electron chi connectivity index (χ0n) is 14.8. The second-order valence-electron chi connectivity index (χ2n) is 5.64. The number of esters is 1. The second kappa shape index (κ2) is 8.50. The van der Waals surface area contributed by atoms with Gasteiger partial charge in [0.15, 0.2) is 6.10 Å². The average molecular weight is 393 g/mol. The molecule has 0 radical (unpaired) electrons. The Morgan fingerprint density at radius 2 is 1.93 bits per heavy atom. The smallest absolute Gasteiger partial charge is 0.338 e. The van der Waals surface area contributed by atoms with E-state index in [1.165, 1.54) is 45.2 Å². The summed E-state index contributed by atoms with van der Waals surface area (Å²) in [5, 5.41) is 13.7. The molecule has 1 atom stereocenters. The SMILES string of the molecule is COc1ccc(NC(=O)C(C)OC(=O)c2ccc([N+](=O)[O-])c(C)c2)cc1Cl. The number of hydrogen-bond acceptors (Lipinski definition) is 6. The normalized spacial score (nSPS) is 11.4. The molecule has 0 aromatic heterocycles. The van der Waals surface area contributed by atoms with Gasteiger partial charge in [0.25, 0.3) is 11.6 Å². The van der Waals surface area contributed by atoms with E-state index in [0.29, 0.717) is 22.0 Å². The molecule has 1 N–H and O–H groups in total. The van der Waals surface area contributed by atoms with Crippen LogP contribution in [0.25, 0.3) is 0 Å². The van der Waals surface area contributed by atoms with Crippen molar-refractivity contribution >= 4 is 34.9 Å². The summed E-state index contributed by atoms with van der Waals surface area (Å²) in [6, 6.07) is 8.53. The Morgan fingerprint density at radius 3 is 2.48 bits per heavy atom. The van der Waals surface area contributed by atoms with Crippen LogP contribution in [0.5, 0.6) is 5.75 Å². The lowest BCUT2D eigenvalue weighted by Crippen LogP contribution is -2.30. The number of amides is 1. The van der Waals surface area contributed by atoms with Crippen LogP contribution in [-0.2, 0) is 9.53 Å². The summed E-state index contributed by atoms with van der Waals surface area (Å²) in [4.78, 5) is 34.7. The van der Waals surface area contributed by atoms with Crippen molar-refractivity contribution in [2.24, 2.45) is 0 Å². The molecule has 142 valence electrons. The van der Waals surface area contributed by atoms with Crippen molar-refractivity contribution in [1.29, 1.82) is 0 Å². The first-order valence-electron chi connectivity index (χ1n) is 7.83. The summed E-state index contributed by atoms with van der Waals surface area (Å²) in [6.45, 7) is 2.93. The Balaban J connectivity index is 2.03. The van der Waals surface area contributed by atoms with E-state index >= 15 is 0 Å². The minimum Gasteiger partial charge on any atom is -0.495 e. The molecule has 2 aromatic carbocycles. The Kier molecular flexibility index (Phi) is 6.36. The lowest BCUT2D eigenvalue weighted by atomic mass is 10.1. The number of carbonyl (C=O) groups is 2. The topological polar surface area (TPSA) is 108 Å². The molecule has 9 heteroatoms. The van der Waals surface area contributed by atoms with Crippen molar-refractivity contribution in [1.82, 2.24) is 0 Å². The number of nitrogens with one attached hydrogen (secondary N) is 1. The van der Waals surface area contributed by atoms with Crippen LogP contribution in [-0.4, -0.2) is 30.0 Å². The summed E-state index contributed by atoms with van der Waals surface area (Å²) in [5.41, 5.74) is 0.748. The first-order valence-corrected chi connectivity index (χ1v) is 8.21. The zero-order valence-corrected chi connectivity index (χ0v) is 15.6. The van der Waals surface area contributed by atoms with Gasteiger partial charge in [-0.1, -0.05) is 11.6 Å². The number of ether oxygens (including phenoxy) is 2. The lowest BCUT2D eigenvalue weighted by molar-refractivity contribution is -0.385. The molecule has 8 nitrogen and oxygen atoms in total. The van der Waals surface area contributed by atoms with Crippen LogP contribution >= 0.6 is 11.6 Å². The van der Waals surface area contributed by atoms with Gasteiger partial charge in [-0.05, 0) is 44.2 Å². The molecule has 0 saturated heterocycles. The molecular weight excluding hydrogens is 376 g/mol. The summed E-state index contributed by atoms with van der Waals surface area (Å²) < 4.78 is 10.2. The Bertz CT molecular complexity index is 899. The van der Waals surface area contributed by atoms with Gasteiger partial charge in [0.05, 0.1) is 22.6 Å². The number of hydrogen-bond donors (Lipinski definition) is 1. The van der Waals surface area contributed by atoms with E-state index in [1.807, 2.05) is 0 Å². The maximum atomic E-state index is 12.2. The van der Waals surface area contributed by atoms with E-state index in [4.69, 9.17) is 21.1 Å². The number of nitro benzene ring substituents is 1. The van der Waals surface area contributed by atoms with Gasteiger partial charge in [-0.15, -0.1) is 0 Å². The maximum Gasteiger partial charge on any atom is 0.338 e. The van der Waals surface area contributed by atoms with E-state index in [-0.39, 0.29) is 11.3 Å². The number of rotatable bonds is 6. The standard InChI is InChI=1S/C18H17ClN2O6/c1-10-8-12(4-6-15(10)21(24)25)18(23)27-11(2)17(22)20-13-5-7-16(26-3)14(19)9-13/h4-9,11H,1-3H3,(H,20,22). The third kappa shape index (κ3) is 4.95. The molecule has 0 fully saturated rings. The third-order valence-electron chi connectivity index (χ3n) is 3.70. The number of anilines is 1. The van der Waals surface area contributed by atoms with Gasteiger partial charge in [-0.3, -0.25) is 14.9 Å². The molecule has 1 amide bonds. The molecule has 2 rings (SSSR count). The first-order chi connectivity index (χ1) is 12.7. The van der Waals surface area contributed by atoms with Crippen molar-refractivity contribution in [3.05, 3.63) is 62.7 Å². The minimum atomic E-state index is -1.09. The number of nitrogens with zero attached hydrogens (tertiary/aromatic N) is 1. The molecule has 0 spiro atoms. The Morgan fingerprint density at radius 1 is 1.22 bits per heavy atom. The molecule has 0 saturated carbocycles. The van der Waals surface area contributed by atoms with Gasteiger partial charge in [0, 0.05) is 17.3 Å². The highest BCUT2D eigenvalue weighted by molar-refractivity contribution is 6.32. The number of benzene rings is 2. The van der Waals surface area contributed by atoms with Gasteiger partial charge >= 0.3 is 5.97 Å². The monoisotopic (exact) mass is 392 g/mol. The van der Waals surface area contributed by atoms with Gasteiger partial charge in [0.1, 0.15) is 5.75 Å². The fourth-order valence-electron chi connectivity index (χ4n) is 2.26. The molecule has 0 bridgehead atoms. The first kappa shape index (κ1) is 20.2. The van der Waals surface area contributed by atoms with Gasteiger partial charge in [-0.2, -0.15) is 0 Å². The molecule has 2 aromatic rings. The van der Waals surface area contributed by atoms with Crippen LogP contribution in [0.4, 0.5) is 11.4 Å². The molecule has 0 aliphatic carbocycles. The van der Waals surface area contributed by atoms with Crippen LogP contribution < -0.4 is 10.1 Å². The van der Waals surface area contributed by atoms with Crippen molar-refractivity contribution in [3.8, 4) is 5.75 Å². The number of aryl methyl sites for hydroxylation is 1. The number of nitro groups is 1. The zero-order chi connectivity index (χ0) is 20.1. The minimum absolute atomic E-state index is 0.103. The lowest BCUT2D eigenvalue weighted by Gasteiger charge is -2.14. The Hall–Kier alpha value is -3.13. The molecular formula is C18H17ClN2O6. The molecule has 0 aliphatic rings. The summed E-state index contributed by atoms with van der Waals surface area (Å²) in [5.74, 6) is -0.852. The van der Waals surface area contributed by atoms with E-state index in [9.17, 15) is 19.7 Å². The summed E-state index contributed by atoms with van der Waals surface area (Å²) in [7, 11) is 1.47. The van der Waals surface area contributed by atoms with Crippen molar-refractivity contribution in [2.45, 2.75) is 20.0 Å². The van der Waals surface area contributed by atoms with Crippen LogP contribution in [0.1, 0.15) is 22.8 Å². The van der Waals surface area contributed by atoms with E-state index in [0.717, 1.165) is 0 Å². The predicted octanol–water partition coefficient (Wildman–Crippen LogP) is 3.75.